The Morgan fingerprint density at radius 3 is 2.80 bits per heavy atom. The van der Waals surface area contributed by atoms with Gasteiger partial charge in [-0.1, -0.05) is 18.2 Å². The summed E-state index contributed by atoms with van der Waals surface area (Å²) in [4.78, 5) is 20.7. The van der Waals surface area contributed by atoms with Crippen LogP contribution in [0.25, 0.3) is 10.8 Å². The Labute approximate surface area is 180 Å². The second kappa shape index (κ2) is 9.02. The molecule has 1 aliphatic rings. The molecule has 1 fully saturated rings. The first-order valence-corrected chi connectivity index (χ1v) is 10.9. The van der Waals surface area contributed by atoms with Crippen LogP contribution in [0.5, 0.6) is 5.75 Å². The number of thiazole rings is 1. The number of ether oxygens (including phenoxy) is 2. The predicted molar refractivity (Wildman–Crippen MR) is 116 cm³/mol. The number of carbonyl (C=O) groups excluding carboxylic acids is 1. The summed E-state index contributed by atoms with van der Waals surface area (Å²) in [6, 6.07) is 11.6. The molecule has 0 bridgehead atoms. The number of nitrogens with zero attached hydrogens (tertiary/aromatic N) is 2. The average molecular weight is 427 g/mol. The van der Waals surface area contributed by atoms with Crippen molar-refractivity contribution in [2.24, 2.45) is 0 Å². The standard InChI is InChI=1S/C23H26N2O4S/c1-15-10-11-20(29-15)22-24-16(2)21(30-22)23(26)25(14-18-8-6-12-28-18)13-17-7-4-5-9-19(17)27-3/h4-5,7,9-11,18H,6,8,12-14H2,1-3H3. The molecule has 4 rings (SSSR count). The van der Waals surface area contributed by atoms with E-state index in [4.69, 9.17) is 13.9 Å². The SMILES string of the molecule is COc1ccccc1CN(CC1CCCO1)C(=O)c1sc(-c2ccc(C)o2)nc1C. The topological polar surface area (TPSA) is 64.8 Å². The van der Waals surface area contributed by atoms with Crippen LogP contribution in [0.3, 0.4) is 0 Å². The number of furan rings is 1. The lowest BCUT2D eigenvalue weighted by Gasteiger charge is -2.26. The zero-order valence-corrected chi connectivity index (χ0v) is 18.3. The lowest BCUT2D eigenvalue weighted by atomic mass is 10.1. The van der Waals surface area contributed by atoms with Gasteiger partial charge < -0.3 is 18.8 Å². The molecule has 0 saturated carbocycles. The van der Waals surface area contributed by atoms with Gasteiger partial charge in [-0.2, -0.15) is 0 Å². The molecule has 1 amide bonds. The minimum absolute atomic E-state index is 0.0408. The van der Waals surface area contributed by atoms with Gasteiger partial charge in [0.1, 0.15) is 16.4 Å². The maximum absolute atomic E-state index is 13.6. The molecule has 1 unspecified atom stereocenters. The van der Waals surface area contributed by atoms with Crippen molar-refractivity contribution < 1.29 is 18.7 Å². The van der Waals surface area contributed by atoms with Crippen molar-refractivity contribution >= 4 is 17.2 Å². The smallest absolute Gasteiger partial charge is 0.266 e. The van der Waals surface area contributed by atoms with E-state index in [1.807, 2.05) is 55.1 Å². The number of carbonyl (C=O) groups is 1. The first-order valence-electron chi connectivity index (χ1n) is 10.1. The Morgan fingerprint density at radius 1 is 1.27 bits per heavy atom. The van der Waals surface area contributed by atoms with Gasteiger partial charge in [0, 0.05) is 25.3 Å². The fourth-order valence-corrected chi connectivity index (χ4v) is 4.68. The molecule has 1 aliphatic heterocycles. The zero-order chi connectivity index (χ0) is 21.1. The van der Waals surface area contributed by atoms with Crippen LogP contribution in [0.1, 0.15) is 39.5 Å². The fraction of sp³-hybridized carbons (Fsp3) is 0.391. The fourth-order valence-electron chi connectivity index (χ4n) is 3.69. The molecule has 0 radical (unpaired) electrons. The predicted octanol–water partition coefficient (Wildman–Crippen LogP) is 4.85. The number of amides is 1. The third-order valence-electron chi connectivity index (χ3n) is 5.23. The second-order valence-corrected chi connectivity index (χ2v) is 8.48. The number of aryl methyl sites for hydroxylation is 2. The lowest BCUT2D eigenvalue weighted by Crippen LogP contribution is -2.37. The van der Waals surface area contributed by atoms with E-state index in [-0.39, 0.29) is 12.0 Å². The van der Waals surface area contributed by atoms with Crippen LogP contribution < -0.4 is 4.74 Å². The third-order valence-corrected chi connectivity index (χ3v) is 6.39. The third kappa shape index (κ3) is 4.42. The average Bonchev–Trinajstić information content (AvgIpc) is 3.49. The molecular formula is C23H26N2O4S. The van der Waals surface area contributed by atoms with E-state index in [9.17, 15) is 4.79 Å². The van der Waals surface area contributed by atoms with Crippen molar-refractivity contribution in [3.05, 3.63) is 58.3 Å². The number of benzene rings is 1. The molecule has 0 aliphatic carbocycles. The molecular weight excluding hydrogens is 400 g/mol. The summed E-state index contributed by atoms with van der Waals surface area (Å²) in [6.45, 7) is 5.52. The first kappa shape index (κ1) is 20.6. The Balaban J connectivity index is 1.62. The van der Waals surface area contributed by atoms with E-state index >= 15 is 0 Å². The van der Waals surface area contributed by atoms with Crippen molar-refractivity contribution in [2.75, 3.05) is 20.3 Å². The molecule has 0 N–H and O–H groups in total. The van der Waals surface area contributed by atoms with Crippen LogP contribution in [0.2, 0.25) is 0 Å². The van der Waals surface area contributed by atoms with Gasteiger partial charge >= 0.3 is 0 Å². The van der Waals surface area contributed by atoms with Crippen LogP contribution in [0, 0.1) is 13.8 Å². The van der Waals surface area contributed by atoms with Gasteiger partial charge in [0.05, 0.1) is 18.9 Å². The number of hydrogen-bond donors (Lipinski definition) is 0. The molecule has 158 valence electrons. The van der Waals surface area contributed by atoms with E-state index < -0.39 is 0 Å². The van der Waals surface area contributed by atoms with Crippen LogP contribution in [-0.2, 0) is 11.3 Å². The lowest BCUT2D eigenvalue weighted by molar-refractivity contribution is 0.0508. The van der Waals surface area contributed by atoms with Gasteiger partial charge in [0.15, 0.2) is 10.8 Å². The first-order chi connectivity index (χ1) is 14.5. The summed E-state index contributed by atoms with van der Waals surface area (Å²) >= 11 is 1.37. The minimum Gasteiger partial charge on any atom is -0.496 e. The largest absolute Gasteiger partial charge is 0.496 e. The highest BCUT2D eigenvalue weighted by Crippen LogP contribution is 2.31. The minimum atomic E-state index is -0.0408. The van der Waals surface area contributed by atoms with Crippen LogP contribution in [-0.4, -0.2) is 42.2 Å². The molecule has 7 heteroatoms. The summed E-state index contributed by atoms with van der Waals surface area (Å²) in [6.07, 6.45) is 2.06. The van der Waals surface area contributed by atoms with Crippen LogP contribution in [0.4, 0.5) is 0 Å². The molecule has 30 heavy (non-hydrogen) atoms. The van der Waals surface area contributed by atoms with Gasteiger partial charge in [0.2, 0.25) is 0 Å². The van der Waals surface area contributed by atoms with E-state index in [0.29, 0.717) is 29.4 Å². The number of hydrogen-bond acceptors (Lipinski definition) is 6. The van der Waals surface area contributed by atoms with Gasteiger partial charge in [0.25, 0.3) is 5.91 Å². The van der Waals surface area contributed by atoms with Crippen molar-refractivity contribution in [3.8, 4) is 16.5 Å². The summed E-state index contributed by atoms with van der Waals surface area (Å²) < 4.78 is 17.0. The summed E-state index contributed by atoms with van der Waals surface area (Å²) in [5.74, 6) is 2.24. The Bertz CT molecular complexity index is 1020. The monoisotopic (exact) mass is 426 g/mol. The van der Waals surface area contributed by atoms with E-state index in [0.717, 1.165) is 41.5 Å². The maximum atomic E-state index is 13.6. The van der Waals surface area contributed by atoms with Crippen molar-refractivity contribution in [3.63, 3.8) is 0 Å². The second-order valence-electron chi connectivity index (χ2n) is 7.48. The van der Waals surface area contributed by atoms with Crippen molar-refractivity contribution in [1.29, 1.82) is 0 Å². The number of para-hydroxylation sites is 1. The van der Waals surface area contributed by atoms with Crippen LogP contribution in [0.15, 0.2) is 40.8 Å². The molecule has 3 heterocycles. The normalized spacial score (nSPS) is 16.0. The van der Waals surface area contributed by atoms with Gasteiger partial charge in [-0.25, -0.2) is 4.98 Å². The van der Waals surface area contributed by atoms with E-state index in [1.165, 1.54) is 11.3 Å². The molecule has 1 saturated heterocycles. The maximum Gasteiger partial charge on any atom is 0.266 e. The highest BCUT2D eigenvalue weighted by molar-refractivity contribution is 7.17. The van der Waals surface area contributed by atoms with Crippen molar-refractivity contribution in [1.82, 2.24) is 9.88 Å². The van der Waals surface area contributed by atoms with Gasteiger partial charge in [-0.3, -0.25) is 4.79 Å². The highest BCUT2D eigenvalue weighted by Gasteiger charge is 2.27. The highest BCUT2D eigenvalue weighted by atomic mass is 32.1. The number of methoxy groups -OCH3 is 1. The van der Waals surface area contributed by atoms with Crippen LogP contribution >= 0.6 is 11.3 Å². The van der Waals surface area contributed by atoms with Crippen molar-refractivity contribution in [2.45, 2.75) is 39.3 Å². The Morgan fingerprint density at radius 2 is 2.10 bits per heavy atom. The molecule has 3 aromatic rings. The van der Waals surface area contributed by atoms with E-state index in [1.54, 1.807) is 7.11 Å². The molecule has 0 spiro atoms. The van der Waals surface area contributed by atoms with Gasteiger partial charge in [-0.15, -0.1) is 11.3 Å². The van der Waals surface area contributed by atoms with Gasteiger partial charge in [-0.05, 0) is 44.9 Å². The number of rotatable bonds is 7. The van der Waals surface area contributed by atoms with E-state index in [2.05, 4.69) is 4.98 Å². The molecule has 1 atom stereocenters. The summed E-state index contributed by atoms with van der Waals surface area (Å²) in [5.41, 5.74) is 1.68. The zero-order valence-electron chi connectivity index (χ0n) is 17.5. The molecule has 1 aromatic carbocycles. The summed E-state index contributed by atoms with van der Waals surface area (Å²) in [7, 11) is 1.65. The Hall–Kier alpha value is -2.64. The Kier molecular flexibility index (Phi) is 6.20. The number of aromatic nitrogens is 1. The molecule has 2 aromatic heterocycles. The summed E-state index contributed by atoms with van der Waals surface area (Å²) in [5, 5.41) is 0.721. The quantitative estimate of drug-likeness (QED) is 0.540. The molecule has 6 nitrogen and oxygen atoms in total.